The first-order chi connectivity index (χ1) is 8.15. The first-order valence-corrected chi connectivity index (χ1v) is 6.68. The highest BCUT2D eigenvalue weighted by Gasteiger charge is 2.04. The van der Waals surface area contributed by atoms with E-state index < -0.39 is 0 Å². The van der Waals surface area contributed by atoms with Crippen LogP contribution in [0.15, 0.2) is 41.3 Å². The summed E-state index contributed by atoms with van der Waals surface area (Å²) in [5.41, 5.74) is 6.41. The third kappa shape index (κ3) is 3.53. The Morgan fingerprint density at radius 2 is 2.00 bits per heavy atom. The number of hydrogen-bond acceptors (Lipinski definition) is 3. The lowest BCUT2D eigenvalue weighted by atomic mass is 10.4. The average molecular weight is 285 g/mol. The number of nitrogens with two attached hydrogens (primary N) is 1. The Bertz CT molecular complexity index is 532. The molecule has 0 aliphatic rings. The average Bonchev–Trinajstić information content (AvgIpc) is 2.30. The maximum atomic E-state index is 6.04. The highest BCUT2D eigenvalue weighted by Crippen LogP contribution is 2.27. The molecule has 0 spiro atoms. The molecule has 0 unspecified atom stereocenters. The maximum Gasteiger partial charge on any atom is 0.123 e. The predicted molar refractivity (Wildman–Crippen MR) is 74.7 cm³/mol. The van der Waals surface area contributed by atoms with Gasteiger partial charge in [0.2, 0.25) is 0 Å². The number of nitrogen functional groups attached to an aromatic ring is 1. The Labute approximate surface area is 114 Å². The van der Waals surface area contributed by atoms with Crippen molar-refractivity contribution in [2.75, 3.05) is 5.73 Å². The number of benzene rings is 1. The van der Waals surface area contributed by atoms with E-state index in [1.165, 1.54) is 0 Å². The van der Waals surface area contributed by atoms with Crippen molar-refractivity contribution in [2.24, 2.45) is 0 Å². The lowest BCUT2D eigenvalue weighted by Crippen LogP contribution is -1.95. The summed E-state index contributed by atoms with van der Waals surface area (Å²) in [6.07, 6.45) is 0. The van der Waals surface area contributed by atoms with Crippen LogP contribution in [-0.4, -0.2) is 4.98 Å². The quantitative estimate of drug-likeness (QED) is 0.856. The van der Waals surface area contributed by atoms with E-state index in [-0.39, 0.29) is 0 Å². The fourth-order valence-electron chi connectivity index (χ4n) is 1.31. The van der Waals surface area contributed by atoms with Gasteiger partial charge in [-0.25, -0.2) is 4.98 Å². The van der Waals surface area contributed by atoms with E-state index in [4.69, 9.17) is 28.9 Å². The molecule has 2 N–H and O–H groups in total. The molecular formula is C12H10Cl2N2S. The second kappa shape index (κ2) is 5.63. The van der Waals surface area contributed by atoms with Gasteiger partial charge < -0.3 is 5.73 Å². The zero-order valence-electron chi connectivity index (χ0n) is 8.86. The second-order valence-electron chi connectivity index (χ2n) is 3.41. The van der Waals surface area contributed by atoms with Gasteiger partial charge >= 0.3 is 0 Å². The molecule has 1 heterocycles. The lowest BCUT2D eigenvalue weighted by Gasteiger charge is -2.04. The molecule has 0 radical (unpaired) electrons. The Morgan fingerprint density at radius 1 is 1.18 bits per heavy atom. The molecule has 0 aliphatic carbocycles. The number of nitrogens with zero attached hydrogens (tertiary/aromatic N) is 1. The molecule has 0 saturated carbocycles. The van der Waals surface area contributed by atoms with E-state index in [0.29, 0.717) is 16.6 Å². The summed E-state index contributed by atoms with van der Waals surface area (Å²) in [4.78, 5) is 5.28. The zero-order valence-corrected chi connectivity index (χ0v) is 11.2. The molecular weight excluding hydrogens is 275 g/mol. The van der Waals surface area contributed by atoms with E-state index in [1.54, 1.807) is 23.9 Å². The highest BCUT2D eigenvalue weighted by atomic mass is 35.5. The van der Waals surface area contributed by atoms with Gasteiger partial charge in [-0.3, -0.25) is 0 Å². The van der Waals surface area contributed by atoms with Crippen molar-refractivity contribution in [3.8, 4) is 0 Å². The van der Waals surface area contributed by atoms with E-state index in [9.17, 15) is 0 Å². The Kier molecular flexibility index (Phi) is 4.15. The van der Waals surface area contributed by atoms with Crippen LogP contribution in [-0.2, 0) is 5.75 Å². The molecule has 0 fully saturated rings. The van der Waals surface area contributed by atoms with E-state index >= 15 is 0 Å². The van der Waals surface area contributed by atoms with Crippen molar-refractivity contribution >= 4 is 40.8 Å². The third-order valence-corrected chi connectivity index (χ3v) is 3.70. The van der Waals surface area contributed by atoms with Gasteiger partial charge in [-0.2, -0.15) is 0 Å². The van der Waals surface area contributed by atoms with Gasteiger partial charge in [-0.15, -0.1) is 11.8 Å². The summed E-state index contributed by atoms with van der Waals surface area (Å²) in [5, 5.41) is 1.36. The molecule has 5 heteroatoms. The molecule has 0 amide bonds. The fourth-order valence-corrected chi connectivity index (χ4v) is 2.73. The minimum atomic E-state index is 0.482. The van der Waals surface area contributed by atoms with E-state index in [2.05, 4.69) is 4.98 Å². The van der Waals surface area contributed by atoms with Crippen molar-refractivity contribution in [1.82, 2.24) is 4.98 Å². The zero-order chi connectivity index (χ0) is 12.3. The number of pyridine rings is 1. The van der Waals surface area contributed by atoms with Crippen molar-refractivity contribution in [3.63, 3.8) is 0 Å². The normalized spacial score (nSPS) is 10.5. The first kappa shape index (κ1) is 12.6. The molecule has 88 valence electrons. The fraction of sp³-hybridized carbons (Fsp3) is 0.0833. The summed E-state index contributed by atoms with van der Waals surface area (Å²) < 4.78 is 0. The topological polar surface area (TPSA) is 38.9 Å². The van der Waals surface area contributed by atoms with Gasteiger partial charge in [0, 0.05) is 15.7 Å². The summed E-state index contributed by atoms with van der Waals surface area (Å²) in [7, 11) is 0. The first-order valence-electron chi connectivity index (χ1n) is 4.94. The minimum Gasteiger partial charge on any atom is -0.384 e. The summed E-state index contributed by atoms with van der Waals surface area (Å²) in [5.74, 6) is 1.15. The number of rotatable bonds is 3. The summed E-state index contributed by atoms with van der Waals surface area (Å²) in [6, 6.07) is 11.1. The number of thioether (sulfide) groups is 1. The summed E-state index contributed by atoms with van der Waals surface area (Å²) >= 11 is 13.6. The smallest absolute Gasteiger partial charge is 0.123 e. The van der Waals surface area contributed by atoms with Crippen LogP contribution in [0, 0.1) is 0 Å². The summed E-state index contributed by atoms with van der Waals surface area (Å²) in [6.45, 7) is 0. The van der Waals surface area contributed by atoms with Crippen LogP contribution in [0.1, 0.15) is 5.69 Å². The molecule has 2 aromatic rings. The van der Waals surface area contributed by atoms with Gasteiger partial charge in [-0.05, 0) is 30.3 Å². The van der Waals surface area contributed by atoms with Crippen LogP contribution in [0.2, 0.25) is 10.0 Å². The standard InChI is InChI=1S/C12H10Cl2N2S/c13-8-2-1-3-9(6-8)17-7-11-10(14)4-5-12(15)16-11/h1-6H,7H2,(H2,15,16). The second-order valence-corrected chi connectivity index (χ2v) is 5.30. The largest absolute Gasteiger partial charge is 0.384 e. The van der Waals surface area contributed by atoms with Gasteiger partial charge in [0.1, 0.15) is 5.82 Å². The number of hydrogen-bond donors (Lipinski definition) is 1. The van der Waals surface area contributed by atoms with Crippen LogP contribution in [0.5, 0.6) is 0 Å². The SMILES string of the molecule is Nc1ccc(Cl)c(CSc2cccc(Cl)c2)n1. The minimum absolute atomic E-state index is 0.482. The molecule has 0 aliphatic heterocycles. The monoisotopic (exact) mass is 284 g/mol. The van der Waals surface area contributed by atoms with Crippen molar-refractivity contribution in [1.29, 1.82) is 0 Å². The van der Waals surface area contributed by atoms with E-state index in [0.717, 1.165) is 15.6 Å². The van der Waals surface area contributed by atoms with Crippen LogP contribution in [0.4, 0.5) is 5.82 Å². The number of aromatic nitrogens is 1. The van der Waals surface area contributed by atoms with Crippen LogP contribution < -0.4 is 5.73 Å². The van der Waals surface area contributed by atoms with Crippen LogP contribution >= 0.6 is 35.0 Å². The van der Waals surface area contributed by atoms with Gasteiger partial charge in [0.05, 0.1) is 10.7 Å². The molecule has 2 nitrogen and oxygen atoms in total. The van der Waals surface area contributed by atoms with Crippen LogP contribution in [0.25, 0.3) is 0 Å². The molecule has 1 aromatic carbocycles. The maximum absolute atomic E-state index is 6.04. The lowest BCUT2D eigenvalue weighted by molar-refractivity contribution is 1.18. The third-order valence-electron chi connectivity index (χ3n) is 2.11. The molecule has 0 atom stereocenters. The Hall–Kier alpha value is -0.900. The van der Waals surface area contributed by atoms with Gasteiger partial charge in [-0.1, -0.05) is 29.3 Å². The molecule has 17 heavy (non-hydrogen) atoms. The van der Waals surface area contributed by atoms with Crippen molar-refractivity contribution < 1.29 is 0 Å². The molecule has 2 rings (SSSR count). The molecule has 1 aromatic heterocycles. The Morgan fingerprint density at radius 3 is 2.76 bits per heavy atom. The number of anilines is 1. The van der Waals surface area contributed by atoms with Crippen molar-refractivity contribution in [2.45, 2.75) is 10.6 Å². The Balaban J connectivity index is 2.09. The van der Waals surface area contributed by atoms with Crippen LogP contribution in [0.3, 0.4) is 0 Å². The molecule has 0 bridgehead atoms. The van der Waals surface area contributed by atoms with Crippen molar-refractivity contribution in [3.05, 3.63) is 52.1 Å². The highest BCUT2D eigenvalue weighted by molar-refractivity contribution is 7.98. The molecule has 0 saturated heterocycles. The van der Waals surface area contributed by atoms with E-state index in [1.807, 2.05) is 24.3 Å². The number of halogens is 2. The van der Waals surface area contributed by atoms with Gasteiger partial charge in [0.25, 0.3) is 0 Å². The van der Waals surface area contributed by atoms with Gasteiger partial charge in [0.15, 0.2) is 0 Å². The predicted octanol–water partition coefficient (Wildman–Crippen LogP) is 4.26.